The van der Waals surface area contributed by atoms with Crippen LogP contribution in [0.4, 0.5) is 0 Å². The number of hydrogen-bond acceptors (Lipinski definition) is 2. The lowest BCUT2D eigenvalue weighted by atomic mass is 9.83. The molecule has 116 valence electrons. The third-order valence-corrected chi connectivity index (χ3v) is 6.33. The molecule has 2 aliphatic heterocycles. The van der Waals surface area contributed by atoms with Crippen LogP contribution in [0.1, 0.15) is 41.8 Å². The Bertz CT molecular complexity index is 926. The Balaban J connectivity index is 1.64. The van der Waals surface area contributed by atoms with Crippen molar-refractivity contribution in [2.75, 3.05) is 13.7 Å². The molecule has 4 heterocycles. The normalized spacial score (nSPS) is 31.2. The van der Waals surface area contributed by atoms with Crippen molar-refractivity contribution in [2.24, 2.45) is 0 Å². The highest BCUT2D eigenvalue weighted by molar-refractivity contribution is 5.88. The lowest BCUT2D eigenvalue weighted by molar-refractivity contribution is 0.0215. The smallest absolute Gasteiger partial charge is 0.119 e. The average molecular weight is 305 g/mol. The third kappa shape index (κ3) is 1.33. The number of methoxy groups -OCH3 is 1. The fourth-order valence-corrected chi connectivity index (χ4v) is 5.10. The van der Waals surface area contributed by atoms with Crippen molar-refractivity contribution in [3.63, 3.8) is 0 Å². The van der Waals surface area contributed by atoms with E-state index in [-0.39, 0.29) is 0 Å². The van der Waals surface area contributed by atoms with E-state index in [0.29, 0.717) is 17.5 Å². The van der Waals surface area contributed by atoms with Crippen LogP contribution in [0.5, 0.6) is 5.75 Å². The van der Waals surface area contributed by atoms with E-state index in [9.17, 15) is 0 Å². The first kappa shape index (κ1) is 12.3. The molecule has 6 rings (SSSR count). The number of ether oxygens (including phenoxy) is 1. The molecule has 4 heteroatoms. The number of aromatic nitrogens is 2. The number of benzene rings is 1. The summed E-state index contributed by atoms with van der Waals surface area (Å²) in [5.74, 6) is 1.64. The Kier molecular flexibility index (Phi) is 2.03. The Labute approximate surface area is 134 Å². The van der Waals surface area contributed by atoms with Gasteiger partial charge in [0.1, 0.15) is 5.75 Å². The second-order valence-electron chi connectivity index (χ2n) is 7.20. The summed E-state index contributed by atoms with van der Waals surface area (Å²) in [6.07, 6.45) is 4.68. The molecule has 3 aliphatic rings. The molecule has 0 radical (unpaired) electrons. The van der Waals surface area contributed by atoms with Crippen LogP contribution < -0.4 is 4.74 Å². The van der Waals surface area contributed by atoms with Gasteiger partial charge in [0.25, 0.3) is 0 Å². The van der Waals surface area contributed by atoms with E-state index in [4.69, 9.17) is 4.74 Å². The number of aromatic amines is 2. The molecule has 3 atom stereocenters. The minimum atomic E-state index is 0.339. The van der Waals surface area contributed by atoms with Crippen molar-refractivity contribution in [3.05, 3.63) is 53.5 Å². The fourth-order valence-electron chi connectivity index (χ4n) is 5.10. The minimum Gasteiger partial charge on any atom is -0.497 e. The van der Waals surface area contributed by atoms with E-state index < -0.39 is 0 Å². The largest absolute Gasteiger partial charge is 0.497 e. The molecule has 1 saturated heterocycles. The van der Waals surface area contributed by atoms with Gasteiger partial charge < -0.3 is 14.7 Å². The van der Waals surface area contributed by atoms with Gasteiger partial charge in [-0.25, -0.2) is 0 Å². The van der Waals surface area contributed by atoms with Gasteiger partial charge in [-0.05, 0) is 48.7 Å². The van der Waals surface area contributed by atoms with Crippen molar-refractivity contribution in [2.45, 2.75) is 30.3 Å². The molecule has 0 bridgehead atoms. The van der Waals surface area contributed by atoms with Gasteiger partial charge in [0.05, 0.1) is 13.2 Å². The lowest BCUT2D eigenvalue weighted by Crippen LogP contribution is -2.55. The van der Waals surface area contributed by atoms with Gasteiger partial charge in [-0.1, -0.05) is 0 Å². The molecule has 3 unspecified atom stereocenters. The van der Waals surface area contributed by atoms with Crippen LogP contribution in [-0.2, 0) is 0 Å². The zero-order chi connectivity index (χ0) is 15.2. The summed E-state index contributed by atoms with van der Waals surface area (Å²) < 4.78 is 5.46. The Morgan fingerprint density at radius 2 is 2.26 bits per heavy atom. The van der Waals surface area contributed by atoms with Crippen molar-refractivity contribution < 1.29 is 4.74 Å². The summed E-state index contributed by atoms with van der Waals surface area (Å²) in [5.41, 5.74) is 5.88. The van der Waals surface area contributed by atoms with Crippen LogP contribution in [0, 0.1) is 0 Å². The second-order valence-corrected chi connectivity index (χ2v) is 7.20. The van der Waals surface area contributed by atoms with Crippen LogP contribution >= 0.6 is 0 Å². The van der Waals surface area contributed by atoms with Gasteiger partial charge >= 0.3 is 0 Å². The second kappa shape index (κ2) is 3.82. The number of rotatable bonds is 2. The molecule has 1 spiro atoms. The Hall–Kier alpha value is -2.20. The van der Waals surface area contributed by atoms with Gasteiger partial charge in [-0.3, -0.25) is 4.90 Å². The molecule has 2 fully saturated rings. The van der Waals surface area contributed by atoms with E-state index in [1.807, 2.05) is 12.3 Å². The Morgan fingerprint density at radius 3 is 3.00 bits per heavy atom. The summed E-state index contributed by atoms with van der Waals surface area (Å²) in [7, 11) is 1.74. The standard InChI is InChI=1S/C19H19N3O/c1-23-11-4-5-14-12(9-11)16-13-10-19(13)6-8-22(19)18(17(16)21-14)15-3-2-7-20-15/h2-5,7,9,13,18,20-21H,6,8,10H2,1H3. The Morgan fingerprint density at radius 1 is 1.30 bits per heavy atom. The molecule has 1 saturated carbocycles. The average Bonchev–Trinajstić information content (AvgIpc) is 2.94. The van der Waals surface area contributed by atoms with E-state index >= 15 is 0 Å². The molecule has 0 amide bonds. The van der Waals surface area contributed by atoms with Crippen molar-refractivity contribution >= 4 is 10.9 Å². The molecule has 2 N–H and O–H groups in total. The highest BCUT2D eigenvalue weighted by atomic mass is 16.5. The molecule has 1 aliphatic carbocycles. The van der Waals surface area contributed by atoms with Gasteiger partial charge in [-0.2, -0.15) is 0 Å². The van der Waals surface area contributed by atoms with Gasteiger partial charge in [-0.15, -0.1) is 0 Å². The maximum absolute atomic E-state index is 5.46. The maximum atomic E-state index is 5.46. The van der Waals surface area contributed by atoms with Crippen LogP contribution in [0.25, 0.3) is 10.9 Å². The number of fused-ring (bicyclic) bond motifs is 4. The topological polar surface area (TPSA) is 44.0 Å². The fraction of sp³-hybridized carbons (Fsp3) is 0.368. The van der Waals surface area contributed by atoms with E-state index in [0.717, 1.165) is 5.75 Å². The molecule has 23 heavy (non-hydrogen) atoms. The zero-order valence-corrected chi connectivity index (χ0v) is 13.1. The predicted octanol–water partition coefficient (Wildman–Crippen LogP) is 3.54. The number of H-pyrrole nitrogens is 2. The van der Waals surface area contributed by atoms with Crippen molar-refractivity contribution in [3.8, 4) is 5.75 Å². The van der Waals surface area contributed by atoms with Crippen LogP contribution in [-0.4, -0.2) is 34.1 Å². The molecule has 3 aromatic rings. The first-order valence-corrected chi connectivity index (χ1v) is 8.41. The van der Waals surface area contributed by atoms with Crippen molar-refractivity contribution in [1.82, 2.24) is 14.9 Å². The van der Waals surface area contributed by atoms with Crippen LogP contribution in [0.2, 0.25) is 0 Å². The maximum Gasteiger partial charge on any atom is 0.119 e. The number of nitrogens with one attached hydrogen (secondary N) is 2. The molecule has 1 aromatic carbocycles. The summed E-state index contributed by atoms with van der Waals surface area (Å²) >= 11 is 0. The van der Waals surface area contributed by atoms with Gasteiger partial charge in [0.2, 0.25) is 0 Å². The summed E-state index contributed by atoms with van der Waals surface area (Å²) in [6, 6.07) is 11.1. The van der Waals surface area contributed by atoms with E-state index in [1.165, 1.54) is 47.2 Å². The minimum absolute atomic E-state index is 0.339. The predicted molar refractivity (Wildman–Crippen MR) is 88.9 cm³/mol. The SMILES string of the molecule is COc1ccc2[nH]c3c(c2c1)C1CC12CCN2C3c1ccc[nH]1. The van der Waals surface area contributed by atoms with Crippen molar-refractivity contribution in [1.29, 1.82) is 0 Å². The summed E-state index contributed by atoms with van der Waals surface area (Å²) in [4.78, 5) is 9.88. The van der Waals surface area contributed by atoms with Gasteiger partial charge in [0.15, 0.2) is 0 Å². The lowest BCUT2D eigenvalue weighted by Gasteiger charge is -2.50. The van der Waals surface area contributed by atoms with Crippen LogP contribution in [0.15, 0.2) is 36.5 Å². The first-order chi connectivity index (χ1) is 11.3. The monoisotopic (exact) mass is 305 g/mol. The number of nitrogens with zero attached hydrogens (tertiary/aromatic N) is 1. The summed E-state index contributed by atoms with van der Waals surface area (Å²) in [6.45, 7) is 1.21. The highest BCUT2D eigenvalue weighted by Gasteiger charge is 2.69. The quantitative estimate of drug-likeness (QED) is 0.760. The third-order valence-electron chi connectivity index (χ3n) is 6.33. The number of hydrogen-bond donors (Lipinski definition) is 2. The summed E-state index contributed by atoms with van der Waals surface area (Å²) in [5, 5.41) is 1.35. The molecule has 4 nitrogen and oxygen atoms in total. The van der Waals surface area contributed by atoms with Crippen LogP contribution in [0.3, 0.4) is 0 Å². The molecule has 2 aromatic heterocycles. The van der Waals surface area contributed by atoms with E-state index in [2.05, 4.69) is 39.1 Å². The molecular weight excluding hydrogens is 286 g/mol. The highest BCUT2D eigenvalue weighted by Crippen LogP contribution is 2.70. The van der Waals surface area contributed by atoms with E-state index in [1.54, 1.807) is 7.11 Å². The van der Waals surface area contributed by atoms with Gasteiger partial charge in [0, 0.05) is 46.5 Å². The zero-order valence-electron chi connectivity index (χ0n) is 13.1. The first-order valence-electron chi connectivity index (χ1n) is 8.41. The molecular formula is C19H19N3O.